The Balaban J connectivity index is 2.03. The minimum absolute atomic E-state index is 0.713. The molecule has 1 aliphatic rings. The van der Waals surface area contributed by atoms with Crippen LogP contribution < -0.4 is 4.90 Å². The SMILES string of the molecule is CN(C)c1ccc(C2(c3ccccc3)OCCCO2)cc1. The van der Waals surface area contributed by atoms with Gasteiger partial charge in [0.05, 0.1) is 13.2 Å². The first-order valence-corrected chi connectivity index (χ1v) is 7.34. The molecule has 1 fully saturated rings. The second-order valence-corrected chi connectivity index (χ2v) is 5.47. The Morgan fingerprint density at radius 3 is 1.95 bits per heavy atom. The smallest absolute Gasteiger partial charge is 0.222 e. The van der Waals surface area contributed by atoms with Crippen LogP contribution in [0.25, 0.3) is 0 Å². The fraction of sp³-hybridized carbons (Fsp3) is 0.333. The molecule has 0 aromatic heterocycles. The zero-order valence-electron chi connectivity index (χ0n) is 12.6. The molecule has 0 aliphatic carbocycles. The van der Waals surface area contributed by atoms with Crippen molar-refractivity contribution >= 4 is 5.69 Å². The van der Waals surface area contributed by atoms with Crippen LogP contribution in [0.4, 0.5) is 5.69 Å². The highest BCUT2D eigenvalue weighted by molar-refractivity contribution is 5.48. The maximum Gasteiger partial charge on any atom is 0.222 e. The molecule has 0 amide bonds. The fourth-order valence-corrected chi connectivity index (χ4v) is 2.67. The summed E-state index contributed by atoms with van der Waals surface area (Å²) in [4.78, 5) is 2.08. The first kappa shape index (κ1) is 14.1. The Bertz CT molecular complexity index is 572. The average molecular weight is 283 g/mol. The van der Waals surface area contributed by atoms with Gasteiger partial charge in [0.2, 0.25) is 5.79 Å². The quantitative estimate of drug-likeness (QED) is 0.862. The van der Waals surface area contributed by atoms with E-state index in [-0.39, 0.29) is 0 Å². The minimum Gasteiger partial charge on any atom is -0.378 e. The summed E-state index contributed by atoms with van der Waals surface area (Å²) in [6, 6.07) is 18.6. The third kappa shape index (κ3) is 2.67. The molecule has 21 heavy (non-hydrogen) atoms. The fourth-order valence-electron chi connectivity index (χ4n) is 2.67. The molecule has 0 atom stereocenters. The molecule has 110 valence electrons. The molecule has 2 aromatic rings. The van der Waals surface area contributed by atoms with Crippen LogP contribution in [0, 0.1) is 0 Å². The van der Waals surface area contributed by atoms with Crippen LogP contribution in [0.3, 0.4) is 0 Å². The van der Waals surface area contributed by atoms with E-state index < -0.39 is 5.79 Å². The summed E-state index contributed by atoms with van der Waals surface area (Å²) in [5.74, 6) is -0.773. The first-order chi connectivity index (χ1) is 10.2. The van der Waals surface area contributed by atoms with Gasteiger partial charge >= 0.3 is 0 Å². The van der Waals surface area contributed by atoms with Gasteiger partial charge in [-0.05, 0) is 18.6 Å². The van der Waals surface area contributed by atoms with Gasteiger partial charge in [0, 0.05) is 30.9 Å². The summed E-state index contributed by atoms with van der Waals surface area (Å²) in [7, 11) is 4.07. The normalized spacial score (nSPS) is 17.4. The van der Waals surface area contributed by atoms with E-state index >= 15 is 0 Å². The Labute approximate surface area is 126 Å². The Morgan fingerprint density at radius 1 is 0.810 bits per heavy atom. The Morgan fingerprint density at radius 2 is 1.38 bits per heavy atom. The number of nitrogens with zero attached hydrogens (tertiary/aromatic N) is 1. The maximum absolute atomic E-state index is 6.10. The van der Waals surface area contributed by atoms with Crippen molar-refractivity contribution in [3.8, 4) is 0 Å². The third-order valence-electron chi connectivity index (χ3n) is 3.82. The number of anilines is 1. The number of ether oxygens (including phenoxy) is 2. The average Bonchev–Trinajstić information content (AvgIpc) is 2.56. The van der Waals surface area contributed by atoms with Gasteiger partial charge in [-0.15, -0.1) is 0 Å². The molecule has 3 heteroatoms. The van der Waals surface area contributed by atoms with Crippen LogP contribution in [0.15, 0.2) is 54.6 Å². The molecular weight excluding hydrogens is 262 g/mol. The molecule has 0 bridgehead atoms. The van der Waals surface area contributed by atoms with E-state index in [2.05, 4.69) is 41.3 Å². The van der Waals surface area contributed by atoms with Crippen LogP contribution in [-0.2, 0) is 15.3 Å². The second kappa shape index (κ2) is 5.88. The topological polar surface area (TPSA) is 21.7 Å². The van der Waals surface area contributed by atoms with E-state index in [1.165, 1.54) is 0 Å². The largest absolute Gasteiger partial charge is 0.378 e. The molecule has 0 saturated carbocycles. The molecule has 1 aliphatic heterocycles. The lowest BCUT2D eigenvalue weighted by molar-refractivity contribution is -0.249. The van der Waals surface area contributed by atoms with Gasteiger partial charge in [0.1, 0.15) is 0 Å². The van der Waals surface area contributed by atoms with Gasteiger partial charge in [0.15, 0.2) is 0 Å². The lowest BCUT2D eigenvalue weighted by atomic mass is 9.96. The summed E-state index contributed by atoms with van der Waals surface area (Å²) in [5.41, 5.74) is 3.25. The minimum atomic E-state index is -0.773. The summed E-state index contributed by atoms with van der Waals surface area (Å²) in [6.07, 6.45) is 0.935. The Hall–Kier alpha value is -1.84. The van der Waals surface area contributed by atoms with E-state index in [4.69, 9.17) is 9.47 Å². The van der Waals surface area contributed by atoms with E-state index in [1.807, 2.05) is 32.3 Å². The van der Waals surface area contributed by atoms with Crippen molar-refractivity contribution in [2.75, 3.05) is 32.2 Å². The van der Waals surface area contributed by atoms with Crippen molar-refractivity contribution in [1.82, 2.24) is 0 Å². The second-order valence-electron chi connectivity index (χ2n) is 5.47. The molecule has 0 N–H and O–H groups in total. The maximum atomic E-state index is 6.10. The van der Waals surface area contributed by atoms with Crippen LogP contribution in [0.2, 0.25) is 0 Å². The number of hydrogen-bond donors (Lipinski definition) is 0. The highest BCUT2D eigenvalue weighted by atomic mass is 16.7. The number of benzene rings is 2. The third-order valence-corrected chi connectivity index (χ3v) is 3.82. The molecular formula is C18H21NO2. The van der Waals surface area contributed by atoms with Gasteiger partial charge in [-0.1, -0.05) is 42.5 Å². The van der Waals surface area contributed by atoms with Crippen molar-refractivity contribution in [2.24, 2.45) is 0 Å². The molecule has 0 radical (unpaired) electrons. The molecule has 0 spiro atoms. The summed E-state index contributed by atoms with van der Waals surface area (Å²) >= 11 is 0. The first-order valence-electron chi connectivity index (χ1n) is 7.34. The van der Waals surface area contributed by atoms with Crippen LogP contribution in [0.5, 0.6) is 0 Å². The van der Waals surface area contributed by atoms with Crippen LogP contribution in [0.1, 0.15) is 17.5 Å². The van der Waals surface area contributed by atoms with Gasteiger partial charge < -0.3 is 14.4 Å². The molecule has 1 heterocycles. The number of rotatable bonds is 3. The highest BCUT2D eigenvalue weighted by Gasteiger charge is 2.38. The molecule has 1 saturated heterocycles. The van der Waals surface area contributed by atoms with Gasteiger partial charge in [-0.2, -0.15) is 0 Å². The standard InChI is InChI=1S/C18H21NO2/c1-19(2)17-11-9-16(10-12-17)18(20-13-6-14-21-18)15-7-4-3-5-8-15/h3-5,7-12H,6,13-14H2,1-2H3. The summed E-state index contributed by atoms with van der Waals surface area (Å²) in [6.45, 7) is 1.43. The summed E-state index contributed by atoms with van der Waals surface area (Å²) < 4.78 is 12.2. The molecule has 2 aromatic carbocycles. The predicted octanol–water partition coefficient (Wildman–Crippen LogP) is 3.39. The lowest BCUT2D eigenvalue weighted by Gasteiger charge is -2.38. The van der Waals surface area contributed by atoms with E-state index in [9.17, 15) is 0 Å². The van der Waals surface area contributed by atoms with Crippen molar-refractivity contribution in [2.45, 2.75) is 12.2 Å². The van der Waals surface area contributed by atoms with E-state index in [0.29, 0.717) is 13.2 Å². The number of hydrogen-bond acceptors (Lipinski definition) is 3. The van der Waals surface area contributed by atoms with Crippen molar-refractivity contribution in [3.05, 3.63) is 65.7 Å². The van der Waals surface area contributed by atoms with Crippen LogP contribution >= 0.6 is 0 Å². The van der Waals surface area contributed by atoms with Crippen molar-refractivity contribution in [3.63, 3.8) is 0 Å². The van der Waals surface area contributed by atoms with Crippen molar-refractivity contribution < 1.29 is 9.47 Å². The molecule has 3 rings (SSSR count). The van der Waals surface area contributed by atoms with Gasteiger partial charge in [-0.3, -0.25) is 0 Å². The predicted molar refractivity (Wildman–Crippen MR) is 84.5 cm³/mol. The van der Waals surface area contributed by atoms with E-state index in [0.717, 1.165) is 23.2 Å². The monoisotopic (exact) mass is 283 g/mol. The zero-order chi connectivity index (χ0) is 14.7. The van der Waals surface area contributed by atoms with Gasteiger partial charge in [0.25, 0.3) is 0 Å². The lowest BCUT2D eigenvalue weighted by Crippen LogP contribution is -2.39. The highest BCUT2D eigenvalue weighted by Crippen LogP contribution is 2.38. The summed E-state index contributed by atoms with van der Waals surface area (Å²) in [5, 5.41) is 0. The van der Waals surface area contributed by atoms with E-state index in [1.54, 1.807) is 0 Å². The Kier molecular flexibility index (Phi) is 3.95. The van der Waals surface area contributed by atoms with Crippen molar-refractivity contribution in [1.29, 1.82) is 0 Å². The zero-order valence-corrected chi connectivity index (χ0v) is 12.6. The molecule has 3 nitrogen and oxygen atoms in total. The van der Waals surface area contributed by atoms with Crippen LogP contribution in [-0.4, -0.2) is 27.3 Å². The molecule has 0 unspecified atom stereocenters. The van der Waals surface area contributed by atoms with Gasteiger partial charge in [-0.25, -0.2) is 0 Å².